The van der Waals surface area contributed by atoms with E-state index in [-0.39, 0.29) is 5.69 Å². The molecule has 2 rings (SSSR count). The van der Waals surface area contributed by atoms with Gasteiger partial charge in [-0.2, -0.15) is 0 Å². The summed E-state index contributed by atoms with van der Waals surface area (Å²) >= 11 is 0. The molecular formula is C10H13FN2O2S. The van der Waals surface area contributed by atoms with Crippen LogP contribution in [0.25, 0.3) is 0 Å². The Balaban J connectivity index is 2.21. The van der Waals surface area contributed by atoms with E-state index >= 15 is 0 Å². The fraction of sp³-hybridized carbons (Fsp3) is 0.400. The van der Waals surface area contributed by atoms with Crippen molar-refractivity contribution in [1.29, 1.82) is 0 Å². The third-order valence-electron chi connectivity index (χ3n) is 2.21. The van der Waals surface area contributed by atoms with Crippen LogP contribution in [0, 0.1) is 5.82 Å². The minimum absolute atomic E-state index is 0.0202. The Morgan fingerprint density at radius 3 is 2.62 bits per heavy atom. The number of rotatable bonds is 4. The average molecular weight is 244 g/mol. The van der Waals surface area contributed by atoms with Crippen molar-refractivity contribution >= 4 is 21.4 Å². The Morgan fingerprint density at radius 2 is 2.06 bits per heavy atom. The van der Waals surface area contributed by atoms with E-state index in [2.05, 4.69) is 10.0 Å². The van der Waals surface area contributed by atoms with Crippen molar-refractivity contribution in [3.8, 4) is 0 Å². The number of halogens is 1. The quantitative estimate of drug-likeness (QED) is 0.848. The highest BCUT2D eigenvalue weighted by Gasteiger charge is 2.21. The largest absolute Gasteiger partial charge is 0.382 e. The van der Waals surface area contributed by atoms with Gasteiger partial charge >= 0.3 is 0 Å². The summed E-state index contributed by atoms with van der Waals surface area (Å²) in [7, 11) is -3.45. The molecule has 88 valence electrons. The van der Waals surface area contributed by atoms with Crippen LogP contribution in [0.2, 0.25) is 0 Å². The molecule has 0 saturated heterocycles. The third-order valence-corrected chi connectivity index (χ3v) is 2.80. The number of hydrogen-bond donors (Lipinski definition) is 2. The number of sulfonamides is 1. The van der Waals surface area contributed by atoms with Crippen molar-refractivity contribution < 1.29 is 12.8 Å². The number of benzene rings is 1. The zero-order chi connectivity index (χ0) is 11.8. The molecule has 0 aromatic heterocycles. The molecule has 1 aromatic rings. The van der Waals surface area contributed by atoms with E-state index in [1.54, 1.807) is 6.07 Å². The predicted molar refractivity (Wildman–Crippen MR) is 61.5 cm³/mol. The summed E-state index contributed by atoms with van der Waals surface area (Å²) in [6.45, 7) is 0. The second kappa shape index (κ2) is 3.93. The molecule has 0 bridgehead atoms. The SMILES string of the molecule is CS(=O)(=O)Nc1cc(NC2CC2)ccc1F. The van der Waals surface area contributed by atoms with Gasteiger partial charge in [0, 0.05) is 11.7 Å². The summed E-state index contributed by atoms with van der Waals surface area (Å²) in [5, 5.41) is 3.17. The maximum absolute atomic E-state index is 13.3. The molecule has 0 amide bonds. The summed E-state index contributed by atoms with van der Waals surface area (Å²) in [6.07, 6.45) is 3.20. The highest BCUT2D eigenvalue weighted by molar-refractivity contribution is 7.92. The van der Waals surface area contributed by atoms with Crippen molar-refractivity contribution in [3.63, 3.8) is 0 Å². The Bertz CT molecular complexity index is 498. The first-order chi connectivity index (χ1) is 7.44. The van der Waals surface area contributed by atoms with Crippen molar-refractivity contribution in [3.05, 3.63) is 24.0 Å². The molecular weight excluding hydrogens is 231 g/mol. The number of hydrogen-bond acceptors (Lipinski definition) is 3. The second-order valence-corrected chi connectivity index (χ2v) is 5.74. The Hall–Kier alpha value is -1.30. The minimum Gasteiger partial charge on any atom is -0.382 e. The fourth-order valence-corrected chi connectivity index (χ4v) is 1.91. The lowest BCUT2D eigenvalue weighted by atomic mass is 10.2. The van der Waals surface area contributed by atoms with Crippen LogP contribution >= 0.6 is 0 Å². The van der Waals surface area contributed by atoms with Crippen LogP contribution in [0.15, 0.2) is 18.2 Å². The summed E-state index contributed by atoms with van der Waals surface area (Å²) in [5.74, 6) is -0.577. The van der Waals surface area contributed by atoms with Crippen LogP contribution in [-0.4, -0.2) is 20.7 Å². The van der Waals surface area contributed by atoms with Crippen LogP contribution in [-0.2, 0) is 10.0 Å². The van der Waals surface area contributed by atoms with Gasteiger partial charge in [0.25, 0.3) is 0 Å². The van der Waals surface area contributed by atoms with Crippen molar-refractivity contribution in [2.45, 2.75) is 18.9 Å². The van der Waals surface area contributed by atoms with Crippen LogP contribution in [0.3, 0.4) is 0 Å². The van der Waals surface area contributed by atoms with E-state index in [4.69, 9.17) is 0 Å². The van der Waals surface area contributed by atoms with Crippen LogP contribution in [0.1, 0.15) is 12.8 Å². The van der Waals surface area contributed by atoms with Gasteiger partial charge in [-0.1, -0.05) is 0 Å². The van der Waals surface area contributed by atoms with E-state index < -0.39 is 15.8 Å². The van der Waals surface area contributed by atoms with Crippen LogP contribution in [0.4, 0.5) is 15.8 Å². The lowest BCUT2D eigenvalue weighted by Crippen LogP contribution is -2.11. The van der Waals surface area contributed by atoms with Gasteiger partial charge in [-0.05, 0) is 31.0 Å². The van der Waals surface area contributed by atoms with Crippen molar-refractivity contribution in [2.75, 3.05) is 16.3 Å². The summed E-state index contributed by atoms with van der Waals surface area (Å²) in [6, 6.07) is 4.75. The van der Waals surface area contributed by atoms with Gasteiger partial charge < -0.3 is 5.32 Å². The van der Waals surface area contributed by atoms with E-state index in [1.807, 2.05) is 0 Å². The molecule has 0 atom stereocenters. The number of nitrogens with one attached hydrogen (secondary N) is 2. The minimum atomic E-state index is -3.45. The van der Waals surface area contributed by atoms with E-state index in [9.17, 15) is 12.8 Å². The van der Waals surface area contributed by atoms with E-state index in [1.165, 1.54) is 12.1 Å². The summed E-state index contributed by atoms with van der Waals surface area (Å²) < 4.78 is 37.4. The topological polar surface area (TPSA) is 58.2 Å². The van der Waals surface area contributed by atoms with Crippen molar-refractivity contribution in [1.82, 2.24) is 0 Å². The standard InChI is InChI=1S/C10H13FN2O2S/c1-16(14,15)13-10-6-8(4-5-9(10)11)12-7-2-3-7/h4-7,12-13H,2-3H2,1H3. The summed E-state index contributed by atoms with van der Waals surface area (Å²) in [4.78, 5) is 0. The van der Waals surface area contributed by atoms with E-state index in [0.29, 0.717) is 6.04 Å². The van der Waals surface area contributed by atoms with Gasteiger partial charge in [0.15, 0.2) is 0 Å². The molecule has 1 aliphatic carbocycles. The molecule has 1 aliphatic rings. The molecule has 0 heterocycles. The summed E-state index contributed by atoms with van der Waals surface area (Å²) in [5.41, 5.74) is 0.711. The molecule has 0 aliphatic heterocycles. The van der Waals surface area contributed by atoms with Crippen LogP contribution in [0.5, 0.6) is 0 Å². The number of anilines is 2. The average Bonchev–Trinajstić information content (AvgIpc) is 2.92. The van der Waals surface area contributed by atoms with Gasteiger partial charge in [0.1, 0.15) is 5.82 Å². The predicted octanol–water partition coefficient (Wildman–Crippen LogP) is 1.77. The molecule has 4 nitrogen and oxygen atoms in total. The molecule has 0 radical (unpaired) electrons. The van der Waals surface area contributed by atoms with Gasteiger partial charge in [-0.25, -0.2) is 12.8 Å². The second-order valence-electron chi connectivity index (χ2n) is 3.99. The first kappa shape index (κ1) is 11.2. The van der Waals surface area contributed by atoms with Gasteiger partial charge in [-0.15, -0.1) is 0 Å². The highest BCUT2D eigenvalue weighted by atomic mass is 32.2. The molecule has 0 unspecified atom stereocenters. The van der Waals surface area contributed by atoms with Gasteiger partial charge in [0.2, 0.25) is 10.0 Å². The maximum atomic E-state index is 13.3. The third kappa shape index (κ3) is 3.10. The molecule has 1 saturated carbocycles. The Kier molecular flexibility index (Phi) is 2.75. The first-order valence-corrected chi connectivity index (χ1v) is 6.87. The molecule has 0 spiro atoms. The lowest BCUT2D eigenvalue weighted by molar-refractivity contribution is 0.604. The lowest BCUT2D eigenvalue weighted by Gasteiger charge is -2.09. The normalized spacial score (nSPS) is 15.9. The monoisotopic (exact) mass is 244 g/mol. The first-order valence-electron chi connectivity index (χ1n) is 4.98. The highest BCUT2D eigenvalue weighted by Crippen LogP contribution is 2.27. The zero-order valence-electron chi connectivity index (χ0n) is 8.83. The molecule has 1 aromatic carbocycles. The van der Waals surface area contributed by atoms with E-state index in [0.717, 1.165) is 24.8 Å². The fourth-order valence-electron chi connectivity index (χ4n) is 1.36. The van der Waals surface area contributed by atoms with Crippen molar-refractivity contribution in [2.24, 2.45) is 0 Å². The molecule has 1 fully saturated rings. The molecule has 6 heteroatoms. The molecule has 16 heavy (non-hydrogen) atoms. The van der Waals surface area contributed by atoms with Gasteiger partial charge in [0.05, 0.1) is 11.9 Å². The molecule has 2 N–H and O–H groups in total. The van der Waals surface area contributed by atoms with Gasteiger partial charge in [-0.3, -0.25) is 4.72 Å². The Morgan fingerprint density at radius 1 is 1.38 bits per heavy atom. The van der Waals surface area contributed by atoms with Crippen LogP contribution < -0.4 is 10.0 Å². The Labute approximate surface area is 93.9 Å². The zero-order valence-corrected chi connectivity index (χ0v) is 9.64. The maximum Gasteiger partial charge on any atom is 0.229 e. The smallest absolute Gasteiger partial charge is 0.229 e.